The average molecular weight is 336 g/mol. The maximum absolute atomic E-state index is 11.3. The molecule has 1 N–H and O–H groups in total. The minimum Gasteiger partial charge on any atom is -0.481 e. The van der Waals surface area contributed by atoms with Crippen molar-refractivity contribution in [3.63, 3.8) is 0 Å². The lowest BCUT2D eigenvalue weighted by atomic mass is 9.91. The normalized spacial score (nSPS) is 34.0. The number of carboxylic acids is 1. The SMILES string of the molecule is CC(=O)O[C@@H]1C[C@H](CC(=O)O)O[C@@]2(CCC3(C=CC(=O)C=C3)O2)C1. The molecule has 2 heterocycles. The van der Waals surface area contributed by atoms with Gasteiger partial charge in [-0.15, -0.1) is 0 Å². The predicted octanol–water partition coefficient (Wildman–Crippen LogP) is 1.51. The first-order chi connectivity index (χ1) is 11.3. The van der Waals surface area contributed by atoms with Crippen LogP contribution in [0, 0.1) is 0 Å². The number of ether oxygens (including phenoxy) is 3. The molecule has 1 aliphatic carbocycles. The van der Waals surface area contributed by atoms with Gasteiger partial charge in [0.15, 0.2) is 11.6 Å². The van der Waals surface area contributed by atoms with E-state index in [-0.39, 0.29) is 12.2 Å². The lowest BCUT2D eigenvalue weighted by Gasteiger charge is -2.42. The van der Waals surface area contributed by atoms with Crippen molar-refractivity contribution in [3.8, 4) is 0 Å². The zero-order chi connectivity index (χ0) is 17.4. The number of ketones is 1. The van der Waals surface area contributed by atoms with Crippen molar-refractivity contribution < 1.29 is 33.7 Å². The number of hydrogen-bond acceptors (Lipinski definition) is 6. The van der Waals surface area contributed by atoms with E-state index in [1.165, 1.54) is 19.1 Å². The Labute approximate surface area is 139 Å². The number of rotatable bonds is 3. The fraction of sp³-hybridized carbons (Fsp3) is 0.588. The van der Waals surface area contributed by atoms with Crippen LogP contribution in [0.2, 0.25) is 0 Å². The Kier molecular flexibility index (Phi) is 4.31. The first kappa shape index (κ1) is 16.9. The molecule has 24 heavy (non-hydrogen) atoms. The fourth-order valence-corrected chi connectivity index (χ4v) is 3.62. The van der Waals surface area contributed by atoms with Crippen LogP contribution in [0.25, 0.3) is 0 Å². The van der Waals surface area contributed by atoms with E-state index >= 15 is 0 Å². The van der Waals surface area contributed by atoms with E-state index in [1.807, 2.05) is 0 Å². The van der Waals surface area contributed by atoms with Gasteiger partial charge in [0.25, 0.3) is 0 Å². The highest BCUT2D eigenvalue weighted by Gasteiger charge is 2.53. The topological polar surface area (TPSA) is 99.1 Å². The number of carbonyl (C=O) groups is 3. The summed E-state index contributed by atoms with van der Waals surface area (Å²) in [6.07, 6.45) is 6.92. The van der Waals surface area contributed by atoms with Gasteiger partial charge < -0.3 is 19.3 Å². The molecule has 0 bridgehead atoms. The van der Waals surface area contributed by atoms with E-state index in [0.717, 1.165) is 0 Å². The molecule has 0 aromatic carbocycles. The molecule has 7 nitrogen and oxygen atoms in total. The molecule has 2 spiro atoms. The summed E-state index contributed by atoms with van der Waals surface area (Å²) < 4.78 is 17.4. The van der Waals surface area contributed by atoms with Gasteiger partial charge >= 0.3 is 11.9 Å². The van der Waals surface area contributed by atoms with Gasteiger partial charge in [0.2, 0.25) is 0 Å². The van der Waals surface area contributed by atoms with Crippen LogP contribution in [0.4, 0.5) is 0 Å². The maximum atomic E-state index is 11.3. The second kappa shape index (κ2) is 6.14. The third-order valence-electron chi connectivity index (χ3n) is 4.51. The summed E-state index contributed by atoms with van der Waals surface area (Å²) in [4.78, 5) is 33.7. The number of aliphatic carboxylic acids is 1. The molecule has 2 fully saturated rings. The van der Waals surface area contributed by atoms with Gasteiger partial charge in [-0.2, -0.15) is 0 Å². The molecule has 3 atom stereocenters. The van der Waals surface area contributed by atoms with Gasteiger partial charge in [-0.3, -0.25) is 14.4 Å². The van der Waals surface area contributed by atoms with Gasteiger partial charge in [0.1, 0.15) is 11.7 Å². The molecule has 0 amide bonds. The molecule has 0 unspecified atom stereocenters. The zero-order valence-electron chi connectivity index (χ0n) is 13.4. The summed E-state index contributed by atoms with van der Waals surface area (Å²) in [7, 11) is 0. The van der Waals surface area contributed by atoms with E-state index in [0.29, 0.717) is 25.7 Å². The summed E-state index contributed by atoms with van der Waals surface area (Å²) in [5, 5.41) is 9.05. The summed E-state index contributed by atoms with van der Waals surface area (Å²) in [6, 6.07) is 0. The maximum Gasteiger partial charge on any atom is 0.305 e. The Bertz CT molecular complexity index is 578. The third-order valence-corrected chi connectivity index (χ3v) is 4.51. The first-order valence-corrected chi connectivity index (χ1v) is 7.99. The lowest BCUT2D eigenvalue weighted by molar-refractivity contribution is -0.292. The zero-order valence-corrected chi connectivity index (χ0v) is 13.4. The smallest absolute Gasteiger partial charge is 0.305 e. The van der Waals surface area contributed by atoms with Crippen LogP contribution in [-0.2, 0) is 28.6 Å². The third kappa shape index (κ3) is 3.57. The van der Waals surface area contributed by atoms with Crippen LogP contribution in [-0.4, -0.2) is 46.4 Å². The largest absolute Gasteiger partial charge is 0.481 e. The molecule has 0 saturated carbocycles. The molecule has 3 aliphatic rings. The highest BCUT2D eigenvalue weighted by Crippen LogP contribution is 2.47. The molecule has 0 radical (unpaired) electrons. The average Bonchev–Trinajstić information content (AvgIpc) is 2.79. The molecule has 3 rings (SSSR count). The Balaban J connectivity index is 1.79. The van der Waals surface area contributed by atoms with Gasteiger partial charge in [-0.1, -0.05) is 0 Å². The highest BCUT2D eigenvalue weighted by molar-refractivity contribution is 6.00. The van der Waals surface area contributed by atoms with Crippen molar-refractivity contribution in [1.29, 1.82) is 0 Å². The van der Waals surface area contributed by atoms with E-state index in [1.54, 1.807) is 12.2 Å². The van der Waals surface area contributed by atoms with Crippen LogP contribution in [0.1, 0.15) is 39.0 Å². The summed E-state index contributed by atoms with van der Waals surface area (Å²) in [5.74, 6) is -2.50. The van der Waals surface area contributed by atoms with Gasteiger partial charge in [-0.05, 0) is 30.7 Å². The van der Waals surface area contributed by atoms with E-state index in [2.05, 4.69) is 0 Å². The summed E-state index contributed by atoms with van der Waals surface area (Å²) in [6.45, 7) is 1.32. The lowest BCUT2D eigenvalue weighted by Crippen LogP contribution is -2.49. The Morgan fingerprint density at radius 2 is 2.04 bits per heavy atom. The van der Waals surface area contributed by atoms with E-state index < -0.39 is 35.5 Å². The first-order valence-electron chi connectivity index (χ1n) is 7.99. The van der Waals surface area contributed by atoms with Crippen molar-refractivity contribution in [2.24, 2.45) is 0 Å². The van der Waals surface area contributed by atoms with Gasteiger partial charge in [-0.25, -0.2) is 0 Å². The molecular formula is C17H20O7. The van der Waals surface area contributed by atoms with Crippen LogP contribution >= 0.6 is 0 Å². The van der Waals surface area contributed by atoms with Crippen LogP contribution in [0.15, 0.2) is 24.3 Å². The predicted molar refractivity (Wildman–Crippen MR) is 81.0 cm³/mol. The molecule has 2 saturated heterocycles. The molecule has 0 aromatic rings. The molecule has 130 valence electrons. The Hall–Kier alpha value is -1.99. The Morgan fingerprint density at radius 1 is 1.33 bits per heavy atom. The van der Waals surface area contributed by atoms with Crippen LogP contribution in [0.5, 0.6) is 0 Å². The summed E-state index contributed by atoms with van der Waals surface area (Å²) in [5.41, 5.74) is -0.722. The Morgan fingerprint density at radius 3 is 2.67 bits per heavy atom. The van der Waals surface area contributed by atoms with Crippen molar-refractivity contribution in [2.45, 2.75) is 62.6 Å². The van der Waals surface area contributed by atoms with Gasteiger partial charge in [0, 0.05) is 26.2 Å². The monoisotopic (exact) mass is 336 g/mol. The van der Waals surface area contributed by atoms with Gasteiger partial charge in [0.05, 0.1) is 12.5 Å². The minimum atomic E-state index is -1.01. The van der Waals surface area contributed by atoms with E-state index in [4.69, 9.17) is 19.3 Å². The number of carbonyl (C=O) groups excluding carboxylic acids is 2. The standard InChI is InChI=1S/C17H20O7/c1-11(18)22-14-8-13(9-15(20)21)23-17(10-14)7-6-16(24-17)4-2-12(19)3-5-16/h2-5,13-14H,6-10H2,1H3,(H,20,21)/t13-,14-,17-/m1/s1. The number of allylic oxidation sites excluding steroid dienone is 2. The summed E-state index contributed by atoms with van der Waals surface area (Å²) >= 11 is 0. The highest BCUT2D eigenvalue weighted by atomic mass is 16.7. The second-order valence-electron chi connectivity index (χ2n) is 6.55. The second-order valence-corrected chi connectivity index (χ2v) is 6.55. The van der Waals surface area contributed by atoms with Crippen molar-refractivity contribution in [2.75, 3.05) is 0 Å². The van der Waals surface area contributed by atoms with Crippen LogP contribution < -0.4 is 0 Å². The van der Waals surface area contributed by atoms with Crippen molar-refractivity contribution in [1.82, 2.24) is 0 Å². The van der Waals surface area contributed by atoms with Crippen molar-refractivity contribution in [3.05, 3.63) is 24.3 Å². The molecular weight excluding hydrogens is 316 g/mol. The molecule has 2 aliphatic heterocycles. The number of hydrogen-bond donors (Lipinski definition) is 1. The molecule has 0 aromatic heterocycles. The van der Waals surface area contributed by atoms with Crippen molar-refractivity contribution >= 4 is 17.7 Å². The minimum absolute atomic E-state index is 0.101. The quantitative estimate of drug-likeness (QED) is 0.780. The fourth-order valence-electron chi connectivity index (χ4n) is 3.62. The number of esters is 1. The molecule has 7 heteroatoms. The van der Waals surface area contributed by atoms with E-state index in [9.17, 15) is 14.4 Å². The number of carboxylic acid groups (broad SMARTS) is 1. The van der Waals surface area contributed by atoms with Crippen LogP contribution in [0.3, 0.4) is 0 Å².